The van der Waals surface area contributed by atoms with Crippen LogP contribution in [0.5, 0.6) is 11.5 Å². The summed E-state index contributed by atoms with van der Waals surface area (Å²) in [5, 5.41) is 14.4. The molecule has 2 aromatic rings. The maximum atomic E-state index is 12.5. The first-order valence-electron chi connectivity index (χ1n) is 8.72. The molecule has 3 rings (SSSR count). The van der Waals surface area contributed by atoms with Crippen LogP contribution in [0.3, 0.4) is 0 Å². The van der Waals surface area contributed by atoms with E-state index >= 15 is 0 Å². The van der Waals surface area contributed by atoms with E-state index in [2.05, 4.69) is 5.32 Å². The summed E-state index contributed by atoms with van der Waals surface area (Å²) >= 11 is 12.4. The van der Waals surface area contributed by atoms with Crippen LogP contribution < -0.4 is 14.8 Å². The minimum Gasteiger partial charge on any atom is -0.493 e. The van der Waals surface area contributed by atoms with Crippen molar-refractivity contribution >= 4 is 34.8 Å². The van der Waals surface area contributed by atoms with Crippen LogP contribution in [-0.4, -0.2) is 49.8 Å². The van der Waals surface area contributed by atoms with E-state index in [1.165, 1.54) is 7.11 Å². The number of rotatable bonds is 6. The van der Waals surface area contributed by atoms with Crippen molar-refractivity contribution in [1.82, 2.24) is 4.90 Å². The van der Waals surface area contributed by atoms with E-state index in [0.29, 0.717) is 33.7 Å². The highest BCUT2D eigenvalue weighted by Crippen LogP contribution is 2.40. The Labute approximate surface area is 174 Å². The Kier molecular flexibility index (Phi) is 6.35. The first-order chi connectivity index (χ1) is 13.3. The number of aliphatic hydroxyl groups excluding tert-OH is 1. The van der Waals surface area contributed by atoms with Crippen molar-refractivity contribution in [3.63, 3.8) is 0 Å². The van der Waals surface area contributed by atoms with E-state index in [1.807, 2.05) is 0 Å². The Balaban J connectivity index is 1.72. The number of halogens is 2. The molecule has 2 atom stereocenters. The highest BCUT2D eigenvalue weighted by atomic mass is 35.5. The SMILES string of the molecule is COc1ccc(NC(=O)CN(C)C2c3cc(Cl)cc(Cl)c3CC2O)cc1OC. The van der Waals surface area contributed by atoms with Gasteiger partial charge in [-0.25, -0.2) is 0 Å². The summed E-state index contributed by atoms with van der Waals surface area (Å²) < 4.78 is 10.4. The van der Waals surface area contributed by atoms with E-state index in [9.17, 15) is 9.90 Å². The van der Waals surface area contributed by atoms with Gasteiger partial charge in [0.15, 0.2) is 11.5 Å². The van der Waals surface area contributed by atoms with Crippen molar-refractivity contribution in [2.75, 3.05) is 33.1 Å². The van der Waals surface area contributed by atoms with Gasteiger partial charge in [0.05, 0.1) is 32.9 Å². The molecule has 1 amide bonds. The number of fused-ring (bicyclic) bond motifs is 1. The van der Waals surface area contributed by atoms with Crippen LogP contribution in [0, 0.1) is 0 Å². The Morgan fingerprint density at radius 1 is 1.21 bits per heavy atom. The highest BCUT2D eigenvalue weighted by molar-refractivity contribution is 6.35. The highest BCUT2D eigenvalue weighted by Gasteiger charge is 2.36. The topological polar surface area (TPSA) is 71.0 Å². The summed E-state index contributed by atoms with van der Waals surface area (Å²) in [5.74, 6) is 0.888. The van der Waals surface area contributed by atoms with Crippen LogP contribution in [0.15, 0.2) is 30.3 Å². The van der Waals surface area contributed by atoms with Crippen molar-refractivity contribution in [2.45, 2.75) is 18.6 Å². The van der Waals surface area contributed by atoms with E-state index in [4.69, 9.17) is 32.7 Å². The molecule has 0 aromatic heterocycles. The number of nitrogens with zero attached hydrogens (tertiary/aromatic N) is 1. The molecule has 0 radical (unpaired) electrons. The van der Waals surface area contributed by atoms with Gasteiger partial charge in [-0.2, -0.15) is 0 Å². The molecule has 2 unspecified atom stereocenters. The van der Waals surface area contributed by atoms with E-state index < -0.39 is 6.10 Å². The van der Waals surface area contributed by atoms with Crippen LogP contribution in [0.2, 0.25) is 10.0 Å². The molecular formula is C20H22Cl2N2O4. The number of likely N-dealkylation sites (N-methyl/N-ethyl adjacent to an activating group) is 1. The first kappa shape index (κ1) is 20.7. The van der Waals surface area contributed by atoms with Gasteiger partial charge >= 0.3 is 0 Å². The molecule has 6 nitrogen and oxygen atoms in total. The predicted molar refractivity (Wildman–Crippen MR) is 110 cm³/mol. The Hall–Kier alpha value is -1.99. The normalized spacial score (nSPS) is 18.1. The third-order valence-corrected chi connectivity index (χ3v) is 5.38. The molecule has 0 saturated carbocycles. The lowest BCUT2D eigenvalue weighted by Crippen LogP contribution is -2.37. The molecule has 1 aliphatic carbocycles. The fraction of sp³-hybridized carbons (Fsp3) is 0.350. The monoisotopic (exact) mass is 424 g/mol. The number of amides is 1. The molecule has 0 aliphatic heterocycles. The van der Waals surface area contributed by atoms with E-state index in [0.717, 1.165) is 11.1 Å². The largest absolute Gasteiger partial charge is 0.493 e. The van der Waals surface area contributed by atoms with Crippen LogP contribution >= 0.6 is 23.2 Å². The maximum absolute atomic E-state index is 12.5. The molecule has 1 aliphatic rings. The van der Waals surface area contributed by atoms with Gasteiger partial charge in [-0.1, -0.05) is 23.2 Å². The number of carbonyl (C=O) groups excluding carboxylic acids is 1. The average molecular weight is 425 g/mol. The molecule has 150 valence electrons. The molecule has 0 fully saturated rings. The lowest BCUT2D eigenvalue weighted by molar-refractivity contribution is -0.118. The quantitative estimate of drug-likeness (QED) is 0.741. The maximum Gasteiger partial charge on any atom is 0.238 e. The van der Waals surface area contributed by atoms with Crippen LogP contribution in [0.4, 0.5) is 5.69 Å². The predicted octanol–water partition coefficient (Wildman–Crippen LogP) is 3.54. The molecule has 0 spiro atoms. The van der Waals surface area contributed by atoms with Gasteiger partial charge in [-0.3, -0.25) is 9.69 Å². The zero-order valence-corrected chi connectivity index (χ0v) is 17.3. The molecule has 2 aromatic carbocycles. The summed E-state index contributed by atoms with van der Waals surface area (Å²) in [7, 11) is 4.87. The summed E-state index contributed by atoms with van der Waals surface area (Å²) in [5.41, 5.74) is 2.32. The third kappa shape index (κ3) is 4.20. The average Bonchev–Trinajstić information content (AvgIpc) is 2.97. The number of aliphatic hydroxyl groups is 1. The summed E-state index contributed by atoms with van der Waals surface area (Å²) in [6.45, 7) is 0.0830. The minimum absolute atomic E-state index is 0.0830. The van der Waals surface area contributed by atoms with Gasteiger partial charge in [-0.05, 0) is 42.4 Å². The van der Waals surface area contributed by atoms with Gasteiger partial charge in [0.2, 0.25) is 5.91 Å². The fourth-order valence-corrected chi connectivity index (χ4v) is 4.19. The number of nitrogens with one attached hydrogen (secondary N) is 1. The summed E-state index contributed by atoms with van der Waals surface area (Å²) in [6, 6.07) is 8.25. The molecule has 8 heteroatoms. The number of hydrogen-bond donors (Lipinski definition) is 2. The number of ether oxygens (including phenoxy) is 2. The second-order valence-electron chi connectivity index (χ2n) is 6.70. The lowest BCUT2D eigenvalue weighted by Gasteiger charge is -2.27. The molecule has 2 N–H and O–H groups in total. The Bertz CT molecular complexity index is 891. The van der Waals surface area contributed by atoms with Crippen molar-refractivity contribution in [1.29, 1.82) is 0 Å². The number of carbonyl (C=O) groups is 1. The number of benzene rings is 2. The van der Waals surface area contributed by atoms with Gasteiger partial charge < -0.3 is 19.9 Å². The zero-order valence-electron chi connectivity index (χ0n) is 15.8. The van der Waals surface area contributed by atoms with Crippen LogP contribution in [-0.2, 0) is 11.2 Å². The van der Waals surface area contributed by atoms with Gasteiger partial charge in [0.1, 0.15) is 0 Å². The smallest absolute Gasteiger partial charge is 0.238 e. The van der Waals surface area contributed by atoms with Crippen molar-refractivity contribution in [3.05, 3.63) is 51.5 Å². The first-order valence-corrected chi connectivity index (χ1v) is 9.47. The molecule has 0 bridgehead atoms. The lowest BCUT2D eigenvalue weighted by atomic mass is 10.1. The van der Waals surface area contributed by atoms with Crippen LogP contribution in [0.25, 0.3) is 0 Å². The number of methoxy groups -OCH3 is 2. The van der Waals surface area contributed by atoms with Crippen LogP contribution in [0.1, 0.15) is 17.2 Å². The molecule has 28 heavy (non-hydrogen) atoms. The number of anilines is 1. The van der Waals surface area contributed by atoms with Crippen molar-refractivity contribution in [3.8, 4) is 11.5 Å². The Morgan fingerprint density at radius 2 is 1.93 bits per heavy atom. The minimum atomic E-state index is -0.662. The molecule has 0 heterocycles. The Morgan fingerprint density at radius 3 is 2.61 bits per heavy atom. The van der Waals surface area contributed by atoms with Crippen molar-refractivity contribution < 1.29 is 19.4 Å². The summed E-state index contributed by atoms with van der Waals surface area (Å²) in [4.78, 5) is 14.3. The molecular weight excluding hydrogens is 403 g/mol. The van der Waals surface area contributed by atoms with E-state index in [-0.39, 0.29) is 18.5 Å². The third-order valence-electron chi connectivity index (χ3n) is 4.83. The standard InChI is InChI=1S/C20H22Cl2N2O4/c1-24(20-14-6-11(21)7-15(22)13(14)9-16(20)25)10-19(26)23-12-4-5-17(27-2)18(8-12)28-3/h4-8,16,20,25H,9-10H2,1-3H3,(H,23,26). The zero-order chi connectivity index (χ0) is 20.4. The summed E-state index contributed by atoms with van der Waals surface area (Å²) in [6.07, 6.45) is -0.234. The second kappa shape index (κ2) is 8.57. The van der Waals surface area contributed by atoms with Gasteiger partial charge in [0.25, 0.3) is 0 Å². The van der Waals surface area contributed by atoms with E-state index in [1.54, 1.807) is 49.4 Å². The number of hydrogen-bond acceptors (Lipinski definition) is 5. The molecule has 0 saturated heterocycles. The second-order valence-corrected chi connectivity index (χ2v) is 7.55. The van der Waals surface area contributed by atoms with Gasteiger partial charge in [-0.15, -0.1) is 0 Å². The van der Waals surface area contributed by atoms with Gasteiger partial charge in [0, 0.05) is 28.2 Å². The fourth-order valence-electron chi connectivity index (χ4n) is 3.60. The van der Waals surface area contributed by atoms with Crippen molar-refractivity contribution in [2.24, 2.45) is 0 Å².